The zero-order valence-electron chi connectivity index (χ0n) is 11.2. The van der Waals surface area contributed by atoms with Crippen LogP contribution in [0.4, 0.5) is 0 Å². The maximum Gasteiger partial charge on any atom is 0.257 e. The maximum absolute atomic E-state index is 11.5. The Morgan fingerprint density at radius 3 is 2.89 bits per heavy atom. The lowest BCUT2D eigenvalue weighted by Gasteiger charge is -2.09. The summed E-state index contributed by atoms with van der Waals surface area (Å²) in [5.74, 6) is 0.392. The topological polar surface area (TPSA) is 64.3 Å². The van der Waals surface area contributed by atoms with Crippen molar-refractivity contribution in [2.45, 2.75) is 26.2 Å². The minimum atomic E-state index is -0.129. The van der Waals surface area contributed by atoms with Crippen molar-refractivity contribution in [2.24, 2.45) is 5.73 Å². The molecule has 0 bridgehead atoms. The second-order valence-electron chi connectivity index (χ2n) is 4.30. The van der Waals surface area contributed by atoms with Crippen LogP contribution in [-0.4, -0.2) is 25.6 Å². The molecule has 106 valence electrons. The Kier molecular flexibility index (Phi) is 7.30. The molecule has 0 fully saturated rings. The highest BCUT2D eigenvalue weighted by Gasteiger charge is 2.06. The third-order valence-corrected chi connectivity index (χ3v) is 2.94. The van der Waals surface area contributed by atoms with E-state index in [4.69, 9.17) is 22.1 Å². The molecule has 0 saturated heterocycles. The lowest BCUT2D eigenvalue weighted by molar-refractivity contribution is -0.123. The standard InChI is InChI=1S/C14H21ClN2O2/c1-2-3-8-17-14(18)10-19-13-5-4-11(6-7-16)9-12(13)15/h4-5,9H,2-3,6-8,10,16H2,1H3,(H,17,18). The molecule has 3 N–H and O–H groups in total. The van der Waals surface area contributed by atoms with Crippen LogP contribution in [0.5, 0.6) is 5.75 Å². The van der Waals surface area contributed by atoms with Gasteiger partial charge in [0.2, 0.25) is 0 Å². The molecule has 0 heterocycles. The normalized spacial score (nSPS) is 10.3. The van der Waals surface area contributed by atoms with Crippen LogP contribution in [0.2, 0.25) is 5.02 Å². The predicted octanol–water partition coefficient (Wildman–Crippen LogP) is 2.14. The van der Waals surface area contributed by atoms with E-state index in [2.05, 4.69) is 12.2 Å². The Morgan fingerprint density at radius 1 is 1.47 bits per heavy atom. The van der Waals surface area contributed by atoms with E-state index in [9.17, 15) is 4.79 Å². The molecule has 0 saturated carbocycles. The summed E-state index contributed by atoms with van der Waals surface area (Å²) < 4.78 is 5.39. The Bertz CT molecular complexity index is 410. The summed E-state index contributed by atoms with van der Waals surface area (Å²) in [6.07, 6.45) is 2.80. The van der Waals surface area contributed by atoms with Gasteiger partial charge in [0.15, 0.2) is 6.61 Å². The molecule has 19 heavy (non-hydrogen) atoms. The molecule has 1 amide bonds. The van der Waals surface area contributed by atoms with Gasteiger partial charge < -0.3 is 15.8 Å². The first-order valence-electron chi connectivity index (χ1n) is 6.55. The lowest BCUT2D eigenvalue weighted by atomic mass is 10.1. The summed E-state index contributed by atoms with van der Waals surface area (Å²) in [5, 5.41) is 3.29. The number of benzene rings is 1. The highest BCUT2D eigenvalue weighted by atomic mass is 35.5. The molecule has 0 aliphatic carbocycles. The van der Waals surface area contributed by atoms with Gasteiger partial charge in [-0.15, -0.1) is 0 Å². The lowest BCUT2D eigenvalue weighted by Crippen LogP contribution is -2.29. The molecule has 0 spiro atoms. The van der Waals surface area contributed by atoms with Crippen molar-refractivity contribution in [3.63, 3.8) is 0 Å². The van der Waals surface area contributed by atoms with Crippen LogP contribution >= 0.6 is 11.6 Å². The van der Waals surface area contributed by atoms with Gasteiger partial charge in [-0.2, -0.15) is 0 Å². The monoisotopic (exact) mass is 284 g/mol. The van der Waals surface area contributed by atoms with E-state index in [0.29, 0.717) is 23.9 Å². The third kappa shape index (κ3) is 5.94. The molecule has 5 heteroatoms. The molecule has 4 nitrogen and oxygen atoms in total. The third-order valence-electron chi connectivity index (χ3n) is 2.64. The first kappa shape index (κ1) is 15.8. The average molecular weight is 285 g/mol. The fraction of sp³-hybridized carbons (Fsp3) is 0.500. The highest BCUT2D eigenvalue weighted by Crippen LogP contribution is 2.25. The molecule has 0 aliphatic rings. The van der Waals surface area contributed by atoms with Crippen LogP contribution < -0.4 is 15.8 Å². The SMILES string of the molecule is CCCCNC(=O)COc1ccc(CCN)cc1Cl. The van der Waals surface area contributed by atoms with Crippen LogP contribution in [-0.2, 0) is 11.2 Å². The van der Waals surface area contributed by atoms with E-state index in [1.807, 2.05) is 12.1 Å². The van der Waals surface area contributed by atoms with Crippen molar-refractivity contribution in [3.8, 4) is 5.75 Å². The Labute approximate surface area is 119 Å². The van der Waals surface area contributed by atoms with Crippen LogP contribution in [0.1, 0.15) is 25.3 Å². The van der Waals surface area contributed by atoms with Gasteiger partial charge >= 0.3 is 0 Å². The molecule has 0 unspecified atom stereocenters. The molecule has 0 aliphatic heterocycles. The summed E-state index contributed by atoms with van der Waals surface area (Å²) in [7, 11) is 0. The average Bonchev–Trinajstić information content (AvgIpc) is 2.38. The van der Waals surface area contributed by atoms with Crippen LogP contribution in [0, 0.1) is 0 Å². The van der Waals surface area contributed by atoms with E-state index in [1.54, 1.807) is 6.07 Å². The van der Waals surface area contributed by atoms with Crippen LogP contribution in [0.25, 0.3) is 0 Å². The number of nitrogens with two attached hydrogens (primary N) is 1. The molecule has 1 aromatic rings. The number of halogens is 1. The number of ether oxygens (including phenoxy) is 1. The van der Waals surface area contributed by atoms with Crippen molar-refractivity contribution in [1.82, 2.24) is 5.32 Å². The second-order valence-corrected chi connectivity index (χ2v) is 4.70. The maximum atomic E-state index is 11.5. The number of carbonyl (C=O) groups excluding carboxylic acids is 1. The molecule has 0 atom stereocenters. The molecule has 1 rings (SSSR count). The summed E-state index contributed by atoms with van der Waals surface area (Å²) in [4.78, 5) is 11.5. The van der Waals surface area contributed by atoms with Gasteiger partial charge in [-0.25, -0.2) is 0 Å². The van der Waals surface area contributed by atoms with E-state index >= 15 is 0 Å². The molecule has 0 aromatic heterocycles. The van der Waals surface area contributed by atoms with Crippen molar-refractivity contribution >= 4 is 17.5 Å². The number of hydrogen-bond donors (Lipinski definition) is 2. The summed E-state index contributed by atoms with van der Waals surface area (Å²) in [6.45, 7) is 3.32. The van der Waals surface area contributed by atoms with Crippen molar-refractivity contribution in [2.75, 3.05) is 19.7 Å². The van der Waals surface area contributed by atoms with Gasteiger partial charge in [-0.1, -0.05) is 31.0 Å². The van der Waals surface area contributed by atoms with E-state index in [-0.39, 0.29) is 12.5 Å². The molecule has 0 radical (unpaired) electrons. The first-order valence-corrected chi connectivity index (χ1v) is 6.93. The number of rotatable bonds is 8. The van der Waals surface area contributed by atoms with Crippen molar-refractivity contribution in [1.29, 1.82) is 0 Å². The number of carbonyl (C=O) groups is 1. The Hall–Kier alpha value is -1.26. The zero-order valence-corrected chi connectivity index (χ0v) is 12.0. The fourth-order valence-electron chi connectivity index (χ4n) is 1.58. The number of nitrogens with one attached hydrogen (secondary N) is 1. The van der Waals surface area contributed by atoms with Gasteiger partial charge in [0.25, 0.3) is 5.91 Å². The number of amides is 1. The largest absolute Gasteiger partial charge is 0.482 e. The molecule has 1 aromatic carbocycles. The quantitative estimate of drug-likeness (QED) is 0.719. The number of unbranched alkanes of at least 4 members (excludes halogenated alkanes) is 1. The zero-order chi connectivity index (χ0) is 14.1. The summed E-state index contributed by atoms with van der Waals surface area (Å²) in [6, 6.07) is 5.49. The molecular weight excluding hydrogens is 264 g/mol. The van der Waals surface area contributed by atoms with Crippen LogP contribution in [0.3, 0.4) is 0 Å². The van der Waals surface area contributed by atoms with Crippen molar-refractivity contribution < 1.29 is 9.53 Å². The Balaban J connectivity index is 2.42. The van der Waals surface area contributed by atoms with Gasteiger partial charge in [0.1, 0.15) is 5.75 Å². The first-order chi connectivity index (χ1) is 9.17. The van der Waals surface area contributed by atoms with Gasteiger partial charge in [-0.05, 0) is 37.1 Å². The number of hydrogen-bond acceptors (Lipinski definition) is 3. The smallest absolute Gasteiger partial charge is 0.257 e. The van der Waals surface area contributed by atoms with Gasteiger partial charge in [0.05, 0.1) is 5.02 Å². The van der Waals surface area contributed by atoms with E-state index < -0.39 is 0 Å². The second kappa shape index (κ2) is 8.77. The Morgan fingerprint density at radius 2 is 2.26 bits per heavy atom. The molecular formula is C14H21ClN2O2. The van der Waals surface area contributed by atoms with Crippen molar-refractivity contribution in [3.05, 3.63) is 28.8 Å². The minimum absolute atomic E-state index is 0.0142. The highest BCUT2D eigenvalue weighted by molar-refractivity contribution is 6.32. The van der Waals surface area contributed by atoms with E-state index in [0.717, 1.165) is 24.8 Å². The minimum Gasteiger partial charge on any atom is -0.482 e. The summed E-state index contributed by atoms with van der Waals surface area (Å²) in [5.41, 5.74) is 6.54. The summed E-state index contributed by atoms with van der Waals surface area (Å²) >= 11 is 6.08. The predicted molar refractivity (Wildman–Crippen MR) is 77.6 cm³/mol. The van der Waals surface area contributed by atoms with Gasteiger partial charge in [0, 0.05) is 6.54 Å². The van der Waals surface area contributed by atoms with Crippen LogP contribution in [0.15, 0.2) is 18.2 Å². The fourth-order valence-corrected chi connectivity index (χ4v) is 1.84. The van der Waals surface area contributed by atoms with E-state index in [1.165, 1.54) is 0 Å². The van der Waals surface area contributed by atoms with Gasteiger partial charge in [-0.3, -0.25) is 4.79 Å².